The van der Waals surface area contributed by atoms with Gasteiger partial charge in [0.05, 0.1) is 5.69 Å². The summed E-state index contributed by atoms with van der Waals surface area (Å²) in [5, 5.41) is 0. The zero-order chi connectivity index (χ0) is 14.8. The number of carbonyl (C=O) groups excluding carboxylic acids is 1. The molecule has 2 aromatic rings. The van der Waals surface area contributed by atoms with E-state index < -0.39 is 5.91 Å². The van der Waals surface area contributed by atoms with E-state index in [4.69, 9.17) is 25.7 Å². The summed E-state index contributed by atoms with van der Waals surface area (Å²) in [6.07, 6.45) is 0. The molecule has 0 saturated heterocycles. The molecule has 2 aromatic carbocycles. The van der Waals surface area contributed by atoms with Crippen LogP contribution in [0, 0.1) is 0 Å². The first-order chi connectivity index (χ1) is 10.1. The zero-order valence-electron chi connectivity index (χ0n) is 11.2. The van der Waals surface area contributed by atoms with Crippen LogP contribution in [0.2, 0.25) is 0 Å². The number of rotatable bonds is 3. The van der Waals surface area contributed by atoms with Gasteiger partial charge in [-0.15, -0.1) is 0 Å². The van der Waals surface area contributed by atoms with Crippen molar-refractivity contribution in [2.24, 2.45) is 5.73 Å². The first-order valence-corrected chi connectivity index (χ1v) is 6.40. The molecule has 0 bridgehead atoms. The third-order valence-electron chi connectivity index (χ3n) is 3.02. The molecule has 0 atom stereocenters. The van der Waals surface area contributed by atoms with Gasteiger partial charge in [0.1, 0.15) is 19.0 Å². The van der Waals surface area contributed by atoms with Crippen LogP contribution >= 0.6 is 0 Å². The maximum atomic E-state index is 11.2. The molecule has 1 heterocycles. The highest BCUT2D eigenvalue weighted by Gasteiger charge is 2.16. The number of amides is 1. The molecule has 3 rings (SSSR count). The fraction of sp³-hybridized carbons (Fsp3) is 0.133. The van der Waals surface area contributed by atoms with Crippen LogP contribution in [-0.4, -0.2) is 19.1 Å². The van der Waals surface area contributed by atoms with Crippen molar-refractivity contribution in [1.29, 1.82) is 0 Å². The molecule has 0 fully saturated rings. The van der Waals surface area contributed by atoms with E-state index in [0.29, 0.717) is 47.5 Å². The zero-order valence-corrected chi connectivity index (χ0v) is 11.2. The number of hydrogen-bond donors (Lipinski definition) is 2. The van der Waals surface area contributed by atoms with Crippen LogP contribution in [0.5, 0.6) is 23.0 Å². The fourth-order valence-electron chi connectivity index (χ4n) is 2.01. The number of benzene rings is 2. The Balaban J connectivity index is 1.91. The van der Waals surface area contributed by atoms with E-state index in [1.807, 2.05) is 0 Å². The molecule has 1 aliphatic heterocycles. The predicted octanol–water partition coefficient (Wildman–Crippen LogP) is 1.93. The van der Waals surface area contributed by atoms with E-state index in [1.54, 1.807) is 36.4 Å². The van der Waals surface area contributed by atoms with Crippen molar-refractivity contribution in [3.05, 3.63) is 42.0 Å². The van der Waals surface area contributed by atoms with Crippen LogP contribution in [0.1, 0.15) is 10.4 Å². The number of ether oxygens (including phenoxy) is 3. The number of anilines is 1. The number of nitrogens with two attached hydrogens (primary N) is 2. The van der Waals surface area contributed by atoms with Gasteiger partial charge in [-0.25, -0.2) is 0 Å². The molecule has 1 amide bonds. The third kappa shape index (κ3) is 2.69. The van der Waals surface area contributed by atoms with Crippen molar-refractivity contribution in [1.82, 2.24) is 0 Å². The maximum absolute atomic E-state index is 11.2. The summed E-state index contributed by atoms with van der Waals surface area (Å²) in [7, 11) is 0. The maximum Gasteiger partial charge on any atom is 0.248 e. The smallest absolute Gasteiger partial charge is 0.248 e. The molecular weight excluding hydrogens is 272 g/mol. The Morgan fingerprint density at radius 1 is 1.10 bits per heavy atom. The molecule has 0 aromatic heterocycles. The van der Waals surface area contributed by atoms with Crippen LogP contribution in [-0.2, 0) is 0 Å². The normalized spacial score (nSPS) is 12.8. The predicted molar refractivity (Wildman–Crippen MR) is 76.9 cm³/mol. The third-order valence-corrected chi connectivity index (χ3v) is 3.02. The summed E-state index contributed by atoms with van der Waals surface area (Å²) in [4.78, 5) is 11.2. The average molecular weight is 286 g/mol. The summed E-state index contributed by atoms with van der Waals surface area (Å²) >= 11 is 0. The van der Waals surface area contributed by atoms with Gasteiger partial charge in [0.2, 0.25) is 5.91 Å². The topological polar surface area (TPSA) is 96.8 Å². The lowest BCUT2D eigenvalue weighted by molar-refractivity contribution is 0.1000. The summed E-state index contributed by atoms with van der Waals surface area (Å²) in [5.41, 5.74) is 12.0. The van der Waals surface area contributed by atoms with Gasteiger partial charge in [0.25, 0.3) is 0 Å². The first-order valence-electron chi connectivity index (χ1n) is 6.40. The minimum Gasteiger partial charge on any atom is -0.486 e. The molecule has 0 radical (unpaired) electrons. The lowest BCUT2D eigenvalue weighted by Crippen LogP contribution is -2.15. The van der Waals surface area contributed by atoms with Crippen LogP contribution in [0.3, 0.4) is 0 Å². The van der Waals surface area contributed by atoms with Crippen molar-refractivity contribution in [3.63, 3.8) is 0 Å². The minimum atomic E-state index is -0.518. The van der Waals surface area contributed by atoms with Gasteiger partial charge in [-0.3, -0.25) is 4.79 Å². The van der Waals surface area contributed by atoms with Gasteiger partial charge in [-0.05, 0) is 18.2 Å². The van der Waals surface area contributed by atoms with E-state index in [9.17, 15) is 4.79 Å². The number of fused-ring (bicyclic) bond motifs is 1. The fourth-order valence-corrected chi connectivity index (χ4v) is 2.01. The van der Waals surface area contributed by atoms with Crippen molar-refractivity contribution < 1.29 is 19.0 Å². The van der Waals surface area contributed by atoms with Gasteiger partial charge in [0, 0.05) is 17.7 Å². The van der Waals surface area contributed by atoms with Crippen LogP contribution in [0.4, 0.5) is 5.69 Å². The van der Waals surface area contributed by atoms with E-state index in [2.05, 4.69) is 0 Å². The Kier molecular flexibility index (Phi) is 3.27. The number of hydrogen-bond acceptors (Lipinski definition) is 5. The second-order valence-corrected chi connectivity index (χ2v) is 4.53. The van der Waals surface area contributed by atoms with Crippen molar-refractivity contribution in [2.45, 2.75) is 0 Å². The molecule has 108 valence electrons. The minimum absolute atomic E-state index is 0.364. The van der Waals surface area contributed by atoms with Crippen molar-refractivity contribution in [3.8, 4) is 23.0 Å². The molecule has 1 aliphatic rings. The Hall–Kier alpha value is -2.89. The molecule has 6 nitrogen and oxygen atoms in total. The molecule has 6 heteroatoms. The number of carbonyl (C=O) groups is 1. The monoisotopic (exact) mass is 286 g/mol. The molecule has 0 saturated carbocycles. The Bertz CT molecular complexity index is 700. The second-order valence-electron chi connectivity index (χ2n) is 4.53. The summed E-state index contributed by atoms with van der Waals surface area (Å²) in [5.74, 6) is 1.56. The van der Waals surface area contributed by atoms with E-state index in [-0.39, 0.29) is 0 Å². The number of nitrogen functional groups attached to an aromatic ring is 1. The summed E-state index contributed by atoms with van der Waals surface area (Å²) in [6.45, 7) is 0.973. The second kappa shape index (κ2) is 5.24. The lowest BCUT2D eigenvalue weighted by Gasteiger charge is -2.20. The molecule has 21 heavy (non-hydrogen) atoms. The van der Waals surface area contributed by atoms with Gasteiger partial charge in [0.15, 0.2) is 17.2 Å². The quantitative estimate of drug-likeness (QED) is 0.840. The standard InChI is InChI=1S/C15H14N2O4/c16-11-7-13-14(20-5-4-19-13)8-12(11)21-10-3-1-2-9(6-10)15(17)18/h1-3,6-8H,4-5,16H2,(H2,17,18). The first kappa shape index (κ1) is 13.1. The van der Waals surface area contributed by atoms with E-state index in [1.165, 1.54) is 0 Å². The van der Waals surface area contributed by atoms with Crippen molar-refractivity contribution in [2.75, 3.05) is 18.9 Å². The Labute approximate surface area is 121 Å². The Morgan fingerprint density at radius 3 is 2.52 bits per heavy atom. The van der Waals surface area contributed by atoms with Gasteiger partial charge in [-0.1, -0.05) is 6.07 Å². The molecule has 0 spiro atoms. The molecular formula is C15H14N2O4. The largest absolute Gasteiger partial charge is 0.486 e. The van der Waals surface area contributed by atoms with E-state index >= 15 is 0 Å². The van der Waals surface area contributed by atoms with Crippen LogP contribution in [0.15, 0.2) is 36.4 Å². The van der Waals surface area contributed by atoms with Crippen LogP contribution in [0.25, 0.3) is 0 Å². The van der Waals surface area contributed by atoms with Crippen molar-refractivity contribution >= 4 is 11.6 Å². The SMILES string of the molecule is NC(=O)c1cccc(Oc2cc3c(cc2N)OCCO3)c1. The van der Waals surface area contributed by atoms with Gasteiger partial charge < -0.3 is 25.7 Å². The molecule has 0 unspecified atom stereocenters. The highest BCUT2D eigenvalue weighted by molar-refractivity contribution is 5.93. The average Bonchev–Trinajstić information content (AvgIpc) is 2.48. The summed E-state index contributed by atoms with van der Waals surface area (Å²) in [6, 6.07) is 9.88. The highest BCUT2D eigenvalue weighted by Crippen LogP contribution is 2.39. The molecule has 0 aliphatic carbocycles. The highest BCUT2D eigenvalue weighted by atomic mass is 16.6. The van der Waals surface area contributed by atoms with Crippen LogP contribution < -0.4 is 25.7 Å². The lowest BCUT2D eigenvalue weighted by atomic mass is 10.2. The summed E-state index contributed by atoms with van der Waals surface area (Å²) < 4.78 is 16.6. The van der Waals surface area contributed by atoms with Gasteiger partial charge >= 0.3 is 0 Å². The molecule has 4 N–H and O–H groups in total. The van der Waals surface area contributed by atoms with E-state index in [0.717, 1.165) is 0 Å². The Morgan fingerprint density at radius 2 is 1.81 bits per heavy atom. The van der Waals surface area contributed by atoms with Gasteiger partial charge in [-0.2, -0.15) is 0 Å². The number of primary amides is 1.